The van der Waals surface area contributed by atoms with Crippen molar-refractivity contribution in [1.82, 2.24) is 0 Å². The van der Waals surface area contributed by atoms with Gasteiger partial charge in [0, 0.05) is 13.2 Å². The first kappa shape index (κ1) is 16.0. The van der Waals surface area contributed by atoms with Crippen molar-refractivity contribution in [1.29, 1.82) is 0 Å². The molecule has 0 radical (unpaired) electrons. The molecule has 0 spiro atoms. The average Bonchev–Trinajstić information content (AvgIpc) is 2.46. The molecule has 108 valence electrons. The SMILES string of the molecule is CCCCOCCOCCOc1cccc(CN)c1. The molecule has 0 atom stereocenters. The molecule has 0 aliphatic heterocycles. The molecule has 0 saturated heterocycles. The van der Waals surface area contributed by atoms with E-state index in [1.165, 1.54) is 0 Å². The van der Waals surface area contributed by atoms with Crippen molar-refractivity contribution in [3.05, 3.63) is 29.8 Å². The molecule has 1 rings (SSSR count). The van der Waals surface area contributed by atoms with Crippen LogP contribution < -0.4 is 10.5 Å². The van der Waals surface area contributed by atoms with Crippen molar-refractivity contribution in [3.8, 4) is 5.75 Å². The fraction of sp³-hybridized carbons (Fsp3) is 0.600. The predicted octanol–water partition coefficient (Wildman–Crippen LogP) is 2.36. The maximum atomic E-state index is 5.57. The Morgan fingerprint density at radius 1 is 1.00 bits per heavy atom. The van der Waals surface area contributed by atoms with Crippen molar-refractivity contribution in [2.75, 3.05) is 33.0 Å². The smallest absolute Gasteiger partial charge is 0.119 e. The van der Waals surface area contributed by atoms with Crippen molar-refractivity contribution >= 4 is 0 Å². The van der Waals surface area contributed by atoms with Gasteiger partial charge >= 0.3 is 0 Å². The third-order valence-corrected chi connectivity index (χ3v) is 2.64. The van der Waals surface area contributed by atoms with Crippen LogP contribution >= 0.6 is 0 Å². The molecule has 4 nitrogen and oxygen atoms in total. The lowest BCUT2D eigenvalue weighted by Crippen LogP contribution is -2.11. The molecule has 0 saturated carbocycles. The monoisotopic (exact) mass is 267 g/mol. The molecule has 1 aromatic rings. The Balaban J connectivity index is 1.98. The standard InChI is InChI=1S/C15H25NO3/c1-2-3-7-17-8-9-18-10-11-19-15-6-4-5-14(12-15)13-16/h4-6,12H,2-3,7-11,13,16H2,1H3. The summed E-state index contributed by atoms with van der Waals surface area (Å²) in [6.45, 7) is 5.90. The van der Waals surface area contributed by atoms with E-state index in [1.807, 2.05) is 24.3 Å². The molecule has 0 aliphatic carbocycles. The van der Waals surface area contributed by atoms with E-state index >= 15 is 0 Å². The number of unbranched alkanes of at least 4 members (excludes halogenated alkanes) is 1. The average molecular weight is 267 g/mol. The third kappa shape index (κ3) is 7.82. The van der Waals surface area contributed by atoms with Crippen LogP contribution in [-0.2, 0) is 16.0 Å². The maximum absolute atomic E-state index is 5.57. The minimum atomic E-state index is 0.531. The van der Waals surface area contributed by atoms with E-state index in [9.17, 15) is 0 Å². The topological polar surface area (TPSA) is 53.7 Å². The lowest BCUT2D eigenvalue weighted by Gasteiger charge is -2.08. The lowest BCUT2D eigenvalue weighted by atomic mass is 10.2. The first-order valence-electron chi connectivity index (χ1n) is 6.94. The summed E-state index contributed by atoms with van der Waals surface area (Å²) in [5.74, 6) is 0.839. The Morgan fingerprint density at radius 3 is 2.47 bits per heavy atom. The van der Waals surface area contributed by atoms with Gasteiger partial charge in [-0.25, -0.2) is 0 Å². The minimum Gasteiger partial charge on any atom is -0.491 e. The molecular formula is C15H25NO3. The molecular weight excluding hydrogens is 242 g/mol. The zero-order valence-electron chi connectivity index (χ0n) is 11.8. The van der Waals surface area contributed by atoms with Crippen LogP contribution in [0.25, 0.3) is 0 Å². The van der Waals surface area contributed by atoms with Crippen LogP contribution in [0.15, 0.2) is 24.3 Å². The molecule has 0 amide bonds. The van der Waals surface area contributed by atoms with Gasteiger partial charge in [-0.15, -0.1) is 0 Å². The molecule has 0 heterocycles. The first-order chi connectivity index (χ1) is 9.36. The van der Waals surface area contributed by atoms with Gasteiger partial charge in [-0.1, -0.05) is 25.5 Å². The van der Waals surface area contributed by atoms with Gasteiger partial charge in [0.25, 0.3) is 0 Å². The van der Waals surface area contributed by atoms with E-state index in [0.717, 1.165) is 30.8 Å². The maximum Gasteiger partial charge on any atom is 0.119 e. The Labute approximate surface area is 115 Å². The third-order valence-electron chi connectivity index (χ3n) is 2.64. The number of rotatable bonds is 11. The summed E-state index contributed by atoms with van der Waals surface area (Å²) in [6.07, 6.45) is 2.27. The Morgan fingerprint density at radius 2 is 1.74 bits per heavy atom. The normalized spacial score (nSPS) is 10.6. The van der Waals surface area contributed by atoms with Crippen LogP contribution in [0.1, 0.15) is 25.3 Å². The molecule has 0 unspecified atom stereocenters. The van der Waals surface area contributed by atoms with E-state index in [2.05, 4.69) is 6.92 Å². The molecule has 19 heavy (non-hydrogen) atoms. The Bertz CT molecular complexity index is 331. The van der Waals surface area contributed by atoms with Gasteiger partial charge in [0.15, 0.2) is 0 Å². The number of ether oxygens (including phenoxy) is 3. The van der Waals surface area contributed by atoms with Crippen LogP contribution in [-0.4, -0.2) is 33.0 Å². The highest BCUT2D eigenvalue weighted by Crippen LogP contribution is 2.12. The minimum absolute atomic E-state index is 0.531. The molecule has 0 bridgehead atoms. The highest BCUT2D eigenvalue weighted by atomic mass is 16.5. The van der Waals surface area contributed by atoms with Gasteiger partial charge in [-0.05, 0) is 24.1 Å². The van der Waals surface area contributed by atoms with Crippen LogP contribution in [0.2, 0.25) is 0 Å². The summed E-state index contributed by atoms with van der Waals surface area (Å²) in [5.41, 5.74) is 6.64. The number of hydrogen-bond acceptors (Lipinski definition) is 4. The van der Waals surface area contributed by atoms with Crippen LogP contribution in [0.5, 0.6) is 5.75 Å². The predicted molar refractivity (Wildman–Crippen MR) is 76.4 cm³/mol. The molecule has 0 fully saturated rings. The summed E-state index contributed by atoms with van der Waals surface area (Å²) in [5, 5.41) is 0. The summed E-state index contributed by atoms with van der Waals surface area (Å²) in [4.78, 5) is 0. The zero-order valence-corrected chi connectivity index (χ0v) is 11.8. The Hall–Kier alpha value is -1.10. The Kier molecular flexibility index (Phi) is 9.06. The second-order valence-corrected chi connectivity index (χ2v) is 4.28. The van der Waals surface area contributed by atoms with E-state index in [4.69, 9.17) is 19.9 Å². The lowest BCUT2D eigenvalue weighted by molar-refractivity contribution is 0.0355. The van der Waals surface area contributed by atoms with Gasteiger partial charge in [0.2, 0.25) is 0 Å². The van der Waals surface area contributed by atoms with Crippen molar-refractivity contribution in [2.24, 2.45) is 5.73 Å². The summed E-state index contributed by atoms with van der Waals surface area (Å²) in [6, 6.07) is 7.80. The second kappa shape index (κ2) is 10.8. The highest BCUT2D eigenvalue weighted by Gasteiger charge is 1.96. The van der Waals surface area contributed by atoms with Crippen LogP contribution in [0.4, 0.5) is 0 Å². The summed E-state index contributed by atoms with van der Waals surface area (Å²) >= 11 is 0. The second-order valence-electron chi connectivity index (χ2n) is 4.28. The number of benzene rings is 1. The fourth-order valence-electron chi connectivity index (χ4n) is 1.55. The van der Waals surface area contributed by atoms with Crippen LogP contribution in [0, 0.1) is 0 Å². The van der Waals surface area contributed by atoms with Gasteiger partial charge < -0.3 is 19.9 Å². The highest BCUT2D eigenvalue weighted by molar-refractivity contribution is 5.28. The zero-order chi connectivity index (χ0) is 13.8. The summed E-state index contributed by atoms with van der Waals surface area (Å²) in [7, 11) is 0. The van der Waals surface area contributed by atoms with Gasteiger partial charge in [0.05, 0.1) is 19.8 Å². The van der Waals surface area contributed by atoms with Gasteiger partial charge in [-0.3, -0.25) is 0 Å². The molecule has 0 aromatic heterocycles. The number of hydrogen-bond donors (Lipinski definition) is 1. The van der Waals surface area contributed by atoms with Crippen LogP contribution in [0.3, 0.4) is 0 Å². The van der Waals surface area contributed by atoms with Gasteiger partial charge in [-0.2, -0.15) is 0 Å². The quantitative estimate of drug-likeness (QED) is 0.625. The molecule has 4 heteroatoms. The first-order valence-corrected chi connectivity index (χ1v) is 6.94. The van der Waals surface area contributed by atoms with E-state index in [1.54, 1.807) is 0 Å². The van der Waals surface area contributed by atoms with E-state index in [0.29, 0.717) is 33.0 Å². The van der Waals surface area contributed by atoms with E-state index < -0.39 is 0 Å². The molecule has 1 aromatic carbocycles. The summed E-state index contributed by atoms with van der Waals surface area (Å²) < 4.78 is 16.4. The fourth-order valence-corrected chi connectivity index (χ4v) is 1.55. The molecule has 0 aliphatic rings. The molecule has 2 N–H and O–H groups in total. The van der Waals surface area contributed by atoms with Crippen molar-refractivity contribution in [3.63, 3.8) is 0 Å². The van der Waals surface area contributed by atoms with Crippen molar-refractivity contribution in [2.45, 2.75) is 26.3 Å². The van der Waals surface area contributed by atoms with Crippen molar-refractivity contribution < 1.29 is 14.2 Å². The largest absolute Gasteiger partial charge is 0.491 e. The van der Waals surface area contributed by atoms with Gasteiger partial charge in [0.1, 0.15) is 12.4 Å². The van der Waals surface area contributed by atoms with E-state index in [-0.39, 0.29) is 0 Å². The number of nitrogens with two attached hydrogens (primary N) is 1.